The zero-order valence-corrected chi connectivity index (χ0v) is 18.3. The Morgan fingerprint density at radius 2 is 2.03 bits per heavy atom. The first-order chi connectivity index (χ1) is 15.5. The molecule has 2 heterocycles. The Kier molecular flexibility index (Phi) is 7.64. The summed E-state index contributed by atoms with van der Waals surface area (Å²) in [6, 6.07) is 6.74. The van der Waals surface area contributed by atoms with E-state index in [0.29, 0.717) is 6.42 Å². The lowest BCUT2D eigenvalue weighted by molar-refractivity contribution is -0.142. The number of aliphatic imine (C=N–C) groups is 1. The lowest BCUT2D eigenvalue weighted by Gasteiger charge is -2.11. The van der Waals surface area contributed by atoms with E-state index in [1.807, 2.05) is 24.3 Å². The fourth-order valence-electron chi connectivity index (χ4n) is 3.60. The summed E-state index contributed by atoms with van der Waals surface area (Å²) in [6.45, 7) is 2.35. The number of para-hydroxylation sites is 1. The van der Waals surface area contributed by atoms with Crippen LogP contribution in [0.3, 0.4) is 0 Å². The number of esters is 1. The maximum atomic E-state index is 12.3. The number of nitrogens with zero attached hydrogens (tertiary/aromatic N) is 2. The Bertz CT molecular complexity index is 1220. The SMILES string of the molecule is CCCCCCn1c(O)c(C=NC(Cc2c[nH]c3ccccc23)C(=O)OC)c(=O)[nH]c1=O. The predicted molar refractivity (Wildman–Crippen MR) is 123 cm³/mol. The summed E-state index contributed by atoms with van der Waals surface area (Å²) in [5.41, 5.74) is 0.181. The maximum Gasteiger partial charge on any atom is 0.331 e. The van der Waals surface area contributed by atoms with E-state index in [4.69, 9.17) is 4.74 Å². The molecule has 0 spiro atoms. The molecular formula is C23H28N4O5. The number of benzene rings is 1. The molecule has 3 rings (SSSR count). The number of carbonyl (C=O) groups excluding carboxylic acids is 1. The second kappa shape index (κ2) is 10.6. The van der Waals surface area contributed by atoms with Gasteiger partial charge in [-0.1, -0.05) is 44.4 Å². The number of aromatic hydroxyl groups is 1. The molecule has 1 aromatic carbocycles. The van der Waals surface area contributed by atoms with Crippen LogP contribution in [0.15, 0.2) is 45.0 Å². The highest BCUT2D eigenvalue weighted by Crippen LogP contribution is 2.20. The molecule has 9 heteroatoms. The third-order valence-corrected chi connectivity index (χ3v) is 5.39. The van der Waals surface area contributed by atoms with Gasteiger partial charge in [0, 0.05) is 36.3 Å². The minimum Gasteiger partial charge on any atom is -0.494 e. The van der Waals surface area contributed by atoms with Crippen molar-refractivity contribution in [1.82, 2.24) is 14.5 Å². The molecular weight excluding hydrogens is 412 g/mol. The lowest BCUT2D eigenvalue weighted by atomic mass is 10.1. The van der Waals surface area contributed by atoms with E-state index in [1.54, 1.807) is 6.20 Å². The van der Waals surface area contributed by atoms with Crippen molar-refractivity contribution in [3.63, 3.8) is 0 Å². The number of H-pyrrole nitrogens is 2. The van der Waals surface area contributed by atoms with Gasteiger partial charge < -0.3 is 14.8 Å². The normalized spacial score (nSPS) is 12.4. The molecule has 9 nitrogen and oxygen atoms in total. The van der Waals surface area contributed by atoms with Gasteiger partial charge in [-0.2, -0.15) is 0 Å². The van der Waals surface area contributed by atoms with Crippen molar-refractivity contribution in [3.05, 3.63) is 62.4 Å². The van der Waals surface area contributed by atoms with E-state index < -0.39 is 29.1 Å². The van der Waals surface area contributed by atoms with E-state index in [2.05, 4.69) is 21.9 Å². The summed E-state index contributed by atoms with van der Waals surface area (Å²) in [7, 11) is 1.26. The first-order valence-electron chi connectivity index (χ1n) is 10.7. The van der Waals surface area contributed by atoms with Crippen molar-refractivity contribution in [2.75, 3.05) is 7.11 Å². The molecule has 0 fully saturated rings. The van der Waals surface area contributed by atoms with Gasteiger partial charge >= 0.3 is 11.7 Å². The van der Waals surface area contributed by atoms with Gasteiger partial charge in [0.15, 0.2) is 6.04 Å². The Balaban J connectivity index is 1.89. The fraction of sp³-hybridized carbons (Fsp3) is 0.391. The smallest absolute Gasteiger partial charge is 0.331 e. The van der Waals surface area contributed by atoms with E-state index in [0.717, 1.165) is 46.5 Å². The molecule has 2 aromatic heterocycles. The summed E-state index contributed by atoms with van der Waals surface area (Å²) in [4.78, 5) is 46.4. The Hall–Kier alpha value is -3.62. The number of rotatable bonds is 10. The molecule has 0 aliphatic rings. The zero-order valence-electron chi connectivity index (χ0n) is 18.3. The molecule has 0 saturated carbocycles. The number of hydrogen-bond donors (Lipinski definition) is 3. The number of aromatic nitrogens is 3. The van der Waals surface area contributed by atoms with Crippen molar-refractivity contribution in [1.29, 1.82) is 0 Å². The summed E-state index contributed by atoms with van der Waals surface area (Å²) in [5, 5.41) is 11.5. The molecule has 0 saturated heterocycles. The van der Waals surface area contributed by atoms with Crippen LogP contribution in [-0.4, -0.2) is 45.0 Å². The van der Waals surface area contributed by atoms with Gasteiger partial charge in [0.05, 0.1) is 7.11 Å². The van der Waals surface area contributed by atoms with Crippen molar-refractivity contribution in [3.8, 4) is 5.88 Å². The Morgan fingerprint density at radius 3 is 2.78 bits per heavy atom. The number of methoxy groups -OCH3 is 1. The van der Waals surface area contributed by atoms with Gasteiger partial charge in [-0.05, 0) is 18.1 Å². The molecule has 0 aliphatic heterocycles. The molecule has 0 aliphatic carbocycles. The standard InChI is InChI=1S/C23H28N4O5/c1-3-4-5-8-11-27-21(29)17(20(28)26-23(27)31)14-25-19(22(30)32-2)12-15-13-24-18-10-7-6-9-16(15)18/h6-7,9-10,13-14,19,24,29H,3-5,8,11-12H2,1-2H3,(H,26,28,31). The number of ether oxygens (including phenoxy) is 1. The second-order valence-corrected chi connectivity index (χ2v) is 7.59. The topological polar surface area (TPSA) is 130 Å². The van der Waals surface area contributed by atoms with Crippen LogP contribution < -0.4 is 11.2 Å². The van der Waals surface area contributed by atoms with E-state index in [1.165, 1.54) is 7.11 Å². The van der Waals surface area contributed by atoms with Crippen LogP contribution in [0.25, 0.3) is 10.9 Å². The van der Waals surface area contributed by atoms with Gasteiger partial charge in [0.1, 0.15) is 5.56 Å². The molecule has 3 aromatic rings. The minimum absolute atomic E-state index is 0.173. The fourth-order valence-corrected chi connectivity index (χ4v) is 3.60. The zero-order chi connectivity index (χ0) is 23.1. The summed E-state index contributed by atoms with van der Waals surface area (Å²) < 4.78 is 5.99. The first kappa shape index (κ1) is 23.1. The molecule has 0 amide bonds. The third-order valence-electron chi connectivity index (χ3n) is 5.39. The molecule has 3 N–H and O–H groups in total. The predicted octanol–water partition coefficient (Wildman–Crippen LogP) is 2.51. The van der Waals surface area contributed by atoms with Crippen LogP contribution in [0.4, 0.5) is 0 Å². The van der Waals surface area contributed by atoms with Crippen LogP contribution in [0.1, 0.15) is 43.7 Å². The van der Waals surface area contributed by atoms with Crippen LogP contribution in [0.2, 0.25) is 0 Å². The number of aromatic amines is 2. The van der Waals surface area contributed by atoms with Gasteiger partial charge in [0.25, 0.3) is 5.56 Å². The number of fused-ring (bicyclic) bond motifs is 1. The first-order valence-corrected chi connectivity index (χ1v) is 10.7. The number of nitrogens with one attached hydrogen (secondary N) is 2. The molecule has 1 atom stereocenters. The summed E-state index contributed by atoms with van der Waals surface area (Å²) in [6.07, 6.45) is 6.82. The number of hydrogen-bond acceptors (Lipinski definition) is 6. The van der Waals surface area contributed by atoms with Gasteiger partial charge in [-0.15, -0.1) is 0 Å². The second-order valence-electron chi connectivity index (χ2n) is 7.59. The average molecular weight is 441 g/mol. The highest BCUT2D eigenvalue weighted by Gasteiger charge is 2.21. The third kappa shape index (κ3) is 5.16. The Labute approximate surface area is 184 Å². The van der Waals surface area contributed by atoms with E-state index in [-0.39, 0.29) is 18.5 Å². The molecule has 1 unspecified atom stereocenters. The lowest BCUT2D eigenvalue weighted by Crippen LogP contribution is -2.32. The quantitative estimate of drug-likeness (QED) is 0.253. The largest absolute Gasteiger partial charge is 0.494 e. The number of unbranched alkanes of at least 4 members (excludes halogenated alkanes) is 3. The van der Waals surface area contributed by atoms with Gasteiger partial charge in [-0.3, -0.25) is 19.3 Å². The summed E-state index contributed by atoms with van der Waals surface area (Å²) in [5.74, 6) is -1.04. The highest BCUT2D eigenvalue weighted by atomic mass is 16.5. The van der Waals surface area contributed by atoms with Crippen molar-refractivity contribution in [2.24, 2.45) is 4.99 Å². The monoisotopic (exact) mass is 440 g/mol. The maximum absolute atomic E-state index is 12.3. The average Bonchev–Trinajstić information content (AvgIpc) is 3.19. The van der Waals surface area contributed by atoms with Crippen LogP contribution in [0.5, 0.6) is 5.88 Å². The van der Waals surface area contributed by atoms with Gasteiger partial charge in [-0.25, -0.2) is 9.59 Å². The highest BCUT2D eigenvalue weighted by molar-refractivity contribution is 5.87. The van der Waals surface area contributed by atoms with E-state index in [9.17, 15) is 19.5 Å². The van der Waals surface area contributed by atoms with Gasteiger partial charge in [0.2, 0.25) is 5.88 Å². The molecule has 0 radical (unpaired) electrons. The van der Waals surface area contributed by atoms with Crippen molar-refractivity contribution in [2.45, 2.75) is 51.6 Å². The van der Waals surface area contributed by atoms with Crippen LogP contribution >= 0.6 is 0 Å². The minimum atomic E-state index is -0.928. The van der Waals surface area contributed by atoms with Crippen molar-refractivity contribution < 1.29 is 14.6 Å². The molecule has 32 heavy (non-hydrogen) atoms. The molecule has 170 valence electrons. The van der Waals surface area contributed by atoms with Crippen molar-refractivity contribution >= 4 is 23.1 Å². The Morgan fingerprint density at radius 1 is 1.25 bits per heavy atom. The van der Waals surface area contributed by atoms with Crippen LogP contribution in [0, 0.1) is 0 Å². The van der Waals surface area contributed by atoms with E-state index >= 15 is 0 Å². The number of carbonyl (C=O) groups is 1. The molecule has 0 bridgehead atoms. The van der Waals surface area contributed by atoms with Crippen LogP contribution in [-0.2, 0) is 22.5 Å². The summed E-state index contributed by atoms with van der Waals surface area (Å²) >= 11 is 0.